The fourth-order valence-corrected chi connectivity index (χ4v) is 1.07. The number of aromatic nitrogens is 4. The van der Waals surface area contributed by atoms with Crippen LogP contribution < -0.4 is 0 Å². The van der Waals surface area contributed by atoms with Crippen molar-refractivity contribution in [1.29, 1.82) is 0 Å². The average Bonchev–Trinajstić information content (AvgIpc) is 2.71. The number of rotatable bonds is 2. The lowest BCUT2D eigenvalue weighted by atomic mass is 10.4. The third-order valence-corrected chi connectivity index (χ3v) is 1.75. The zero-order valence-electron chi connectivity index (χ0n) is 6.94. The van der Waals surface area contributed by atoms with E-state index in [-0.39, 0.29) is 5.88 Å². The maximum absolute atomic E-state index is 5.54. The molecular weight excluding hydrogens is 192 g/mol. The van der Waals surface area contributed by atoms with Gasteiger partial charge in [-0.15, -0.1) is 16.7 Å². The van der Waals surface area contributed by atoms with E-state index in [0.717, 1.165) is 0 Å². The molecule has 0 aromatic carbocycles. The van der Waals surface area contributed by atoms with E-state index >= 15 is 0 Å². The van der Waals surface area contributed by atoms with Gasteiger partial charge in [0.1, 0.15) is 5.69 Å². The molecule has 2 rings (SSSR count). The molecule has 0 aliphatic carbocycles. The first-order valence-corrected chi connectivity index (χ1v) is 4.20. The Hall–Kier alpha value is -1.36. The van der Waals surface area contributed by atoms with Crippen LogP contribution in [-0.4, -0.2) is 20.0 Å². The molecule has 0 radical (unpaired) electrons. The summed E-state index contributed by atoms with van der Waals surface area (Å²) in [6.45, 7) is 0. The summed E-state index contributed by atoms with van der Waals surface area (Å²) >= 11 is 5.54. The van der Waals surface area contributed by atoms with Crippen molar-refractivity contribution >= 4 is 11.6 Å². The molecule has 2 aromatic heterocycles. The van der Waals surface area contributed by atoms with E-state index in [1.165, 1.54) is 0 Å². The second-order valence-corrected chi connectivity index (χ2v) is 2.80. The molecule has 0 bridgehead atoms. The van der Waals surface area contributed by atoms with E-state index in [1.807, 2.05) is 0 Å². The Morgan fingerprint density at radius 1 is 1.62 bits per heavy atom. The fraction of sp³-hybridized carbons (Fsp3) is 0.286. The lowest BCUT2D eigenvalue weighted by Gasteiger charge is -1.85. The minimum Gasteiger partial charge on any atom is -0.438 e. The van der Waals surface area contributed by atoms with Gasteiger partial charge in [0.15, 0.2) is 5.76 Å². The Morgan fingerprint density at radius 2 is 2.46 bits per heavy atom. The van der Waals surface area contributed by atoms with Crippen molar-refractivity contribution < 1.29 is 4.42 Å². The van der Waals surface area contributed by atoms with Gasteiger partial charge in [0, 0.05) is 7.05 Å². The van der Waals surface area contributed by atoms with Crippen LogP contribution >= 0.6 is 11.6 Å². The molecule has 2 heterocycles. The number of oxazole rings is 1. The number of hydrogen-bond donors (Lipinski definition) is 0. The van der Waals surface area contributed by atoms with Crippen molar-refractivity contribution in [2.75, 3.05) is 0 Å². The second-order valence-electron chi connectivity index (χ2n) is 2.53. The number of nitrogens with zero attached hydrogens (tertiary/aromatic N) is 4. The Bertz CT molecular complexity index is 408. The summed E-state index contributed by atoms with van der Waals surface area (Å²) in [7, 11) is 1.79. The summed E-state index contributed by atoms with van der Waals surface area (Å²) in [5.41, 5.74) is 0.659. The van der Waals surface area contributed by atoms with E-state index in [2.05, 4.69) is 15.3 Å². The first-order chi connectivity index (χ1) is 6.29. The molecule has 13 heavy (non-hydrogen) atoms. The molecule has 0 unspecified atom stereocenters. The number of hydrogen-bond acceptors (Lipinski definition) is 4. The highest BCUT2D eigenvalue weighted by molar-refractivity contribution is 6.16. The highest BCUT2D eigenvalue weighted by atomic mass is 35.5. The minimum atomic E-state index is 0.264. The van der Waals surface area contributed by atoms with Gasteiger partial charge < -0.3 is 4.42 Å². The molecule has 0 fully saturated rings. The van der Waals surface area contributed by atoms with Crippen molar-refractivity contribution in [2.24, 2.45) is 7.05 Å². The summed E-state index contributed by atoms with van der Waals surface area (Å²) in [5.74, 6) is 1.34. The molecule has 0 spiro atoms. The maximum atomic E-state index is 5.54. The molecule has 0 saturated heterocycles. The predicted molar refractivity (Wildman–Crippen MR) is 46.1 cm³/mol. The predicted octanol–water partition coefficient (Wildman–Crippen LogP) is 1.21. The SMILES string of the molecule is Cn1cc(-c2cnc(CCl)o2)nn1. The van der Waals surface area contributed by atoms with Crippen molar-refractivity contribution in [2.45, 2.75) is 5.88 Å². The lowest BCUT2D eigenvalue weighted by molar-refractivity contribution is 0.527. The maximum Gasteiger partial charge on any atom is 0.209 e. The Morgan fingerprint density at radius 3 is 3.00 bits per heavy atom. The van der Waals surface area contributed by atoms with Crippen LogP contribution in [0.4, 0.5) is 0 Å². The lowest BCUT2D eigenvalue weighted by Crippen LogP contribution is -1.85. The van der Waals surface area contributed by atoms with E-state index in [1.54, 1.807) is 24.1 Å². The third kappa shape index (κ3) is 1.55. The number of aryl methyl sites for hydroxylation is 1. The highest BCUT2D eigenvalue weighted by Gasteiger charge is 2.08. The normalized spacial score (nSPS) is 10.6. The molecule has 2 aromatic rings. The largest absolute Gasteiger partial charge is 0.438 e. The summed E-state index contributed by atoms with van der Waals surface area (Å²) in [5, 5.41) is 7.64. The number of alkyl halides is 1. The third-order valence-electron chi connectivity index (χ3n) is 1.52. The monoisotopic (exact) mass is 198 g/mol. The zero-order chi connectivity index (χ0) is 9.26. The molecule has 5 nitrogen and oxygen atoms in total. The zero-order valence-corrected chi connectivity index (χ0v) is 7.69. The Kier molecular flexibility index (Phi) is 2.02. The molecule has 0 amide bonds. The van der Waals surface area contributed by atoms with Crippen molar-refractivity contribution in [1.82, 2.24) is 20.0 Å². The smallest absolute Gasteiger partial charge is 0.209 e. The van der Waals surface area contributed by atoms with Crippen molar-refractivity contribution in [3.8, 4) is 11.5 Å². The van der Waals surface area contributed by atoms with Crippen LogP contribution in [0.3, 0.4) is 0 Å². The van der Waals surface area contributed by atoms with E-state index in [4.69, 9.17) is 16.0 Å². The van der Waals surface area contributed by atoms with E-state index < -0.39 is 0 Å². The van der Waals surface area contributed by atoms with Crippen LogP contribution in [0.5, 0.6) is 0 Å². The number of halogens is 1. The van der Waals surface area contributed by atoms with Gasteiger partial charge in [0.05, 0.1) is 18.3 Å². The summed E-state index contributed by atoms with van der Waals surface area (Å²) in [4.78, 5) is 3.94. The molecule has 68 valence electrons. The molecule has 0 aliphatic heterocycles. The molecule has 0 saturated carbocycles. The summed E-state index contributed by atoms with van der Waals surface area (Å²) < 4.78 is 6.87. The van der Waals surface area contributed by atoms with Crippen LogP contribution in [0.2, 0.25) is 0 Å². The molecule has 0 aliphatic rings. The molecule has 6 heteroatoms. The molecular formula is C7H7ClN4O. The van der Waals surface area contributed by atoms with Gasteiger partial charge in [-0.1, -0.05) is 5.21 Å². The standard InChI is InChI=1S/C7H7ClN4O/c1-12-4-5(10-11-12)6-3-9-7(2-8)13-6/h3-4H,2H2,1H3. The Labute approximate surface area is 79.3 Å². The van der Waals surface area contributed by atoms with E-state index in [0.29, 0.717) is 17.3 Å². The van der Waals surface area contributed by atoms with Crippen LogP contribution in [0.1, 0.15) is 5.89 Å². The Balaban J connectivity index is 2.35. The van der Waals surface area contributed by atoms with Gasteiger partial charge >= 0.3 is 0 Å². The van der Waals surface area contributed by atoms with Gasteiger partial charge in [-0.05, 0) is 0 Å². The van der Waals surface area contributed by atoms with E-state index in [9.17, 15) is 0 Å². The quantitative estimate of drug-likeness (QED) is 0.681. The van der Waals surface area contributed by atoms with Crippen LogP contribution in [0.15, 0.2) is 16.8 Å². The van der Waals surface area contributed by atoms with Crippen LogP contribution in [-0.2, 0) is 12.9 Å². The first-order valence-electron chi connectivity index (χ1n) is 3.67. The van der Waals surface area contributed by atoms with Crippen LogP contribution in [0, 0.1) is 0 Å². The van der Waals surface area contributed by atoms with Gasteiger partial charge in [-0.3, -0.25) is 4.68 Å². The minimum absolute atomic E-state index is 0.264. The van der Waals surface area contributed by atoms with Crippen LogP contribution in [0.25, 0.3) is 11.5 Å². The highest BCUT2D eigenvalue weighted by Crippen LogP contribution is 2.17. The topological polar surface area (TPSA) is 56.7 Å². The van der Waals surface area contributed by atoms with Gasteiger partial charge in [-0.25, -0.2) is 4.98 Å². The molecule has 0 N–H and O–H groups in total. The summed E-state index contributed by atoms with van der Waals surface area (Å²) in [6, 6.07) is 0. The van der Waals surface area contributed by atoms with Gasteiger partial charge in [0.2, 0.25) is 5.89 Å². The second kappa shape index (κ2) is 3.18. The first kappa shape index (κ1) is 8.25. The van der Waals surface area contributed by atoms with Gasteiger partial charge in [0.25, 0.3) is 0 Å². The molecule has 0 atom stereocenters. The average molecular weight is 199 g/mol. The van der Waals surface area contributed by atoms with Crippen molar-refractivity contribution in [3.05, 3.63) is 18.3 Å². The van der Waals surface area contributed by atoms with Gasteiger partial charge in [-0.2, -0.15) is 0 Å². The fourth-order valence-electron chi connectivity index (χ4n) is 0.951. The summed E-state index contributed by atoms with van der Waals surface area (Å²) in [6.07, 6.45) is 3.33. The van der Waals surface area contributed by atoms with Crippen molar-refractivity contribution in [3.63, 3.8) is 0 Å².